The second kappa shape index (κ2) is 49.2. The van der Waals surface area contributed by atoms with Crippen molar-refractivity contribution in [2.45, 2.75) is 232 Å². The average Bonchev–Trinajstić information content (AvgIpc) is 3.26. The van der Waals surface area contributed by atoms with Crippen LogP contribution in [0.1, 0.15) is 226 Å². The van der Waals surface area contributed by atoms with Gasteiger partial charge in [-0.25, -0.2) is 0 Å². The zero-order chi connectivity index (χ0) is 44.4. The fourth-order valence-electron chi connectivity index (χ4n) is 6.84. The molecule has 0 aromatic rings. The van der Waals surface area contributed by atoms with Crippen LogP contribution in [-0.2, 0) is 28.6 Å². The molecule has 0 aliphatic heterocycles. The number of carbonyl (C=O) groups excluding carboxylic acids is 3. The van der Waals surface area contributed by atoms with Gasteiger partial charge in [-0.15, -0.1) is 0 Å². The molecule has 6 nitrogen and oxygen atoms in total. The lowest BCUT2D eigenvalue weighted by Crippen LogP contribution is -2.30. The van der Waals surface area contributed by atoms with E-state index in [0.29, 0.717) is 19.3 Å². The maximum atomic E-state index is 12.8. The van der Waals surface area contributed by atoms with Crippen molar-refractivity contribution in [1.82, 2.24) is 0 Å². The van der Waals surface area contributed by atoms with Gasteiger partial charge < -0.3 is 14.2 Å². The Hall–Kier alpha value is -3.41. The summed E-state index contributed by atoms with van der Waals surface area (Å²) in [6.07, 6.45) is 62.8. The molecule has 0 saturated heterocycles. The highest BCUT2D eigenvalue weighted by atomic mass is 16.6. The molecular formula is C55H92O6. The van der Waals surface area contributed by atoms with Gasteiger partial charge in [0.15, 0.2) is 6.10 Å². The van der Waals surface area contributed by atoms with Crippen LogP contribution in [0.5, 0.6) is 0 Å². The highest BCUT2D eigenvalue weighted by molar-refractivity contribution is 5.71. The zero-order valence-electron chi connectivity index (χ0n) is 39.7. The summed E-state index contributed by atoms with van der Waals surface area (Å²) >= 11 is 0. The van der Waals surface area contributed by atoms with Gasteiger partial charge in [-0.2, -0.15) is 0 Å². The number of rotatable bonds is 44. The van der Waals surface area contributed by atoms with Crippen LogP contribution in [0, 0.1) is 0 Å². The van der Waals surface area contributed by atoms with Crippen molar-refractivity contribution in [3.05, 3.63) is 85.1 Å². The van der Waals surface area contributed by atoms with Gasteiger partial charge in [0.2, 0.25) is 0 Å². The van der Waals surface area contributed by atoms with E-state index in [1.54, 1.807) is 0 Å². The van der Waals surface area contributed by atoms with Gasteiger partial charge in [0.05, 0.1) is 0 Å². The summed E-state index contributed by atoms with van der Waals surface area (Å²) in [4.78, 5) is 37.9. The Morgan fingerprint density at radius 1 is 0.344 bits per heavy atom. The third-order valence-electron chi connectivity index (χ3n) is 10.6. The molecule has 0 radical (unpaired) electrons. The second-order valence-electron chi connectivity index (χ2n) is 16.5. The molecule has 0 N–H and O–H groups in total. The molecule has 0 bridgehead atoms. The molecular weight excluding hydrogens is 757 g/mol. The molecule has 0 saturated carbocycles. The Kier molecular flexibility index (Phi) is 46.5. The summed E-state index contributed by atoms with van der Waals surface area (Å²) in [5, 5.41) is 0. The molecule has 0 aromatic heterocycles. The SMILES string of the molecule is CC\C=C/C=C\C=C/C=C\C=C\C=C/C=C\CCCCCC(=O)OCC(COC(=O)CCCCCCCCCCC)OC(=O)CCCCCCCCCCCCCCCCC. The third-order valence-corrected chi connectivity index (χ3v) is 10.6. The lowest BCUT2D eigenvalue weighted by molar-refractivity contribution is -0.167. The van der Waals surface area contributed by atoms with E-state index in [1.807, 2.05) is 72.9 Å². The molecule has 0 amide bonds. The van der Waals surface area contributed by atoms with Gasteiger partial charge in [-0.1, -0.05) is 254 Å². The van der Waals surface area contributed by atoms with E-state index < -0.39 is 6.10 Å². The molecule has 348 valence electrons. The van der Waals surface area contributed by atoms with Gasteiger partial charge in [0, 0.05) is 19.3 Å². The number of carbonyl (C=O) groups is 3. The van der Waals surface area contributed by atoms with Crippen LogP contribution in [0.25, 0.3) is 0 Å². The summed E-state index contributed by atoms with van der Waals surface area (Å²) in [5.41, 5.74) is 0. The summed E-state index contributed by atoms with van der Waals surface area (Å²) in [6, 6.07) is 0. The first-order valence-electron chi connectivity index (χ1n) is 25.2. The lowest BCUT2D eigenvalue weighted by atomic mass is 10.0. The summed E-state index contributed by atoms with van der Waals surface area (Å²) in [7, 11) is 0. The maximum absolute atomic E-state index is 12.8. The minimum Gasteiger partial charge on any atom is -0.462 e. The van der Waals surface area contributed by atoms with Gasteiger partial charge >= 0.3 is 17.9 Å². The first kappa shape index (κ1) is 57.6. The van der Waals surface area contributed by atoms with E-state index >= 15 is 0 Å². The van der Waals surface area contributed by atoms with Gasteiger partial charge in [0.25, 0.3) is 0 Å². The van der Waals surface area contributed by atoms with E-state index in [4.69, 9.17) is 14.2 Å². The van der Waals surface area contributed by atoms with Crippen molar-refractivity contribution in [3.63, 3.8) is 0 Å². The first-order valence-corrected chi connectivity index (χ1v) is 25.2. The molecule has 61 heavy (non-hydrogen) atoms. The highest BCUT2D eigenvalue weighted by Gasteiger charge is 2.19. The minimum atomic E-state index is -0.791. The standard InChI is InChI=1S/C55H92O6/c1-4-7-10-13-16-19-21-23-25-26-27-28-30-31-33-36-39-42-45-48-54(57)60-51-52(50-59-53(56)47-44-41-38-35-18-15-12-9-6-3)61-55(58)49-46-43-40-37-34-32-29-24-22-20-17-14-11-8-5-2/h7,10,13,16,19,21,23,25-28,30-31,33,52H,4-6,8-9,11-12,14-15,17-18,20,22,24,29,32,34-51H2,1-3H3/b10-7-,16-13-,21-19-,25-23-,27-26+,30-28-,33-31-. The Labute approximate surface area is 375 Å². The predicted octanol–water partition coefficient (Wildman–Crippen LogP) is 16.4. The van der Waals surface area contributed by atoms with Gasteiger partial charge in [-0.3, -0.25) is 14.4 Å². The van der Waals surface area contributed by atoms with Crippen molar-refractivity contribution in [2.75, 3.05) is 13.2 Å². The van der Waals surface area contributed by atoms with E-state index in [-0.39, 0.29) is 31.1 Å². The van der Waals surface area contributed by atoms with Crippen molar-refractivity contribution in [1.29, 1.82) is 0 Å². The molecule has 6 heteroatoms. The molecule has 0 fully saturated rings. The minimum absolute atomic E-state index is 0.0893. The quantitative estimate of drug-likeness (QED) is 0.0263. The monoisotopic (exact) mass is 849 g/mol. The highest BCUT2D eigenvalue weighted by Crippen LogP contribution is 2.15. The van der Waals surface area contributed by atoms with E-state index in [0.717, 1.165) is 70.6 Å². The molecule has 0 aliphatic rings. The molecule has 0 aromatic carbocycles. The summed E-state index contributed by atoms with van der Waals surface area (Å²) in [6.45, 7) is 6.43. The number of ether oxygens (including phenoxy) is 3. The van der Waals surface area contributed by atoms with Crippen molar-refractivity contribution in [3.8, 4) is 0 Å². The molecule has 0 rings (SSSR count). The Morgan fingerprint density at radius 3 is 1.00 bits per heavy atom. The fourth-order valence-corrected chi connectivity index (χ4v) is 6.84. The van der Waals surface area contributed by atoms with Gasteiger partial charge in [-0.05, 0) is 38.5 Å². The van der Waals surface area contributed by atoms with E-state index in [2.05, 4.69) is 32.9 Å². The smallest absolute Gasteiger partial charge is 0.306 e. The largest absolute Gasteiger partial charge is 0.462 e. The van der Waals surface area contributed by atoms with Gasteiger partial charge in [0.1, 0.15) is 13.2 Å². The Morgan fingerprint density at radius 2 is 0.639 bits per heavy atom. The molecule has 1 atom stereocenters. The lowest BCUT2D eigenvalue weighted by Gasteiger charge is -2.18. The third kappa shape index (κ3) is 47.5. The number of hydrogen-bond acceptors (Lipinski definition) is 6. The van der Waals surface area contributed by atoms with Crippen LogP contribution in [0.15, 0.2) is 85.1 Å². The molecule has 0 heterocycles. The molecule has 1 unspecified atom stereocenters. The van der Waals surface area contributed by atoms with Crippen LogP contribution in [0.4, 0.5) is 0 Å². The second-order valence-corrected chi connectivity index (χ2v) is 16.5. The summed E-state index contributed by atoms with van der Waals surface area (Å²) in [5.74, 6) is -0.937. The summed E-state index contributed by atoms with van der Waals surface area (Å²) < 4.78 is 16.7. The van der Waals surface area contributed by atoms with E-state index in [1.165, 1.54) is 116 Å². The fraction of sp³-hybridized carbons (Fsp3) is 0.691. The average molecular weight is 849 g/mol. The normalized spacial score (nSPS) is 12.8. The van der Waals surface area contributed by atoms with Crippen molar-refractivity contribution >= 4 is 17.9 Å². The predicted molar refractivity (Wildman–Crippen MR) is 261 cm³/mol. The van der Waals surface area contributed by atoms with Crippen LogP contribution in [0.2, 0.25) is 0 Å². The van der Waals surface area contributed by atoms with Crippen molar-refractivity contribution < 1.29 is 28.6 Å². The van der Waals surface area contributed by atoms with Crippen LogP contribution < -0.4 is 0 Å². The first-order chi connectivity index (χ1) is 30.0. The van der Waals surface area contributed by atoms with Crippen LogP contribution in [0.3, 0.4) is 0 Å². The number of esters is 3. The Balaban J connectivity index is 4.44. The number of hydrogen-bond donors (Lipinski definition) is 0. The number of allylic oxidation sites excluding steroid dienone is 14. The van der Waals surface area contributed by atoms with Crippen LogP contribution >= 0.6 is 0 Å². The van der Waals surface area contributed by atoms with Crippen LogP contribution in [-0.4, -0.2) is 37.2 Å². The van der Waals surface area contributed by atoms with E-state index in [9.17, 15) is 14.4 Å². The number of unbranched alkanes of at least 4 members (excludes halogenated alkanes) is 25. The molecule has 0 spiro atoms. The maximum Gasteiger partial charge on any atom is 0.306 e. The Bertz CT molecular complexity index is 1200. The zero-order valence-corrected chi connectivity index (χ0v) is 39.7. The topological polar surface area (TPSA) is 78.9 Å². The van der Waals surface area contributed by atoms with Crippen molar-refractivity contribution in [2.24, 2.45) is 0 Å². The molecule has 0 aliphatic carbocycles.